The molecule has 1 aromatic carbocycles. The van der Waals surface area contributed by atoms with Gasteiger partial charge in [0, 0.05) is 46.4 Å². The van der Waals surface area contributed by atoms with Crippen LogP contribution in [0.5, 0.6) is 0 Å². The number of rotatable bonds is 5. The zero-order chi connectivity index (χ0) is 17.8. The lowest BCUT2D eigenvalue weighted by Gasteiger charge is -2.34. The summed E-state index contributed by atoms with van der Waals surface area (Å²) in [6.45, 7) is 3.93. The number of H-pyrrole nitrogens is 1. The molecule has 134 valence electrons. The largest absolute Gasteiger partial charge is 0.345 e. The number of para-hydroxylation sites is 2. The molecule has 1 N–H and O–H groups in total. The van der Waals surface area contributed by atoms with Crippen molar-refractivity contribution < 1.29 is 9.59 Å². The Balaban J connectivity index is 1.49. The standard InChI is InChI=1S/C19H26N4O2/c1-14(24)23-11-5-6-15(13-23)12-22(2)19(25)10-9-18-20-16-7-3-4-8-17(16)21-18/h3-4,7-8,15H,5-6,9-13H2,1-2H3,(H,20,21). The van der Waals surface area contributed by atoms with Crippen LogP contribution in [-0.4, -0.2) is 58.3 Å². The molecule has 3 rings (SSSR count). The third-order valence-electron chi connectivity index (χ3n) is 4.94. The highest BCUT2D eigenvalue weighted by Gasteiger charge is 2.23. The Hall–Kier alpha value is -2.37. The first-order valence-electron chi connectivity index (χ1n) is 8.96. The molecule has 1 aliphatic rings. The highest BCUT2D eigenvalue weighted by atomic mass is 16.2. The van der Waals surface area contributed by atoms with Gasteiger partial charge >= 0.3 is 0 Å². The van der Waals surface area contributed by atoms with Gasteiger partial charge in [-0.15, -0.1) is 0 Å². The molecule has 1 fully saturated rings. The number of aryl methyl sites for hydroxylation is 1. The molecule has 25 heavy (non-hydrogen) atoms. The van der Waals surface area contributed by atoms with E-state index >= 15 is 0 Å². The number of nitrogens with zero attached hydrogens (tertiary/aromatic N) is 3. The lowest BCUT2D eigenvalue weighted by atomic mass is 9.97. The lowest BCUT2D eigenvalue weighted by molar-refractivity contribution is -0.132. The SMILES string of the molecule is CC(=O)N1CCCC(CN(C)C(=O)CCc2nc3ccccc3[nH]2)C1. The first-order valence-corrected chi connectivity index (χ1v) is 8.96. The summed E-state index contributed by atoms with van der Waals surface area (Å²) in [5.41, 5.74) is 1.94. The number of carbonyl (C=O) groups is 2. The molecule has 1 aliphatic heterocycles. The van der Waals surface area contributed by atoms with Crippen LogP contribution in [0.3, 0.4) is 0 Å². The van der Waals surface area contributed by atoms with Gasteiger partial charge in [0.1, 0.15) is 5.82 Å². The van der Waals surface area contributed by atoms with E-state index in [0.29, 0.717) is 25.3 Å². The van der Waals surface area contributed by atoms with Gasteiger partial charge in [-0.25, -0.2) is 4.98 Å². The number of piperidine rings is 1. The topological polar surface area (TPSA) is 69.3 Å². The highest BCUT2D eigenvalue weighted by molar-refractivity contribution is 5.77. The maximum atomic E-state index is 12.4. The second-order valence-corrected chi connectivity index (χ2v) is 6.95. The Kier molecular flexibility index (Phi) is 5.36. The summed E-state index contributed by atoms with van der Waals surface area (Å²) in [5.74, 6) is 1.48. The van der Waals surface area contributed by atoms with E-state index in [4.69, 9.17) is 0 Å². The van der Waals surface area contributed by atoms with Crippen LogP contribution in [0.15, 0.2) is 24.3 Å². The van der Waals surface area contributed by atoms with Crippen LogP contribution in [0.1, 0.15) is 32.0 Å². The molecule has 0 aliphatic carbocycles. The normalized spacial score (nSPS) is 17.7. The number of imidazole rings is 1. The number of fused-ring (bicyclic) bond motifs is 1. The molecule has 0 spiro atoms. The molecular weight excluding hydrogens is 316 g/mol. The van der Waals surface area contributed by atoms with Crippen molar-refractivity contribution in [2.45, 2.75) is 32.6 Å². The second-order valence-electron chi connectivity index (χ2n) is 6.95. The Morgan fingerprint density at radius 3 is 2.92 bits per heavy atom. The van der Waals surface area contributed by atoms with E-state index in [1.54, 1.807) is 11.8 Å². The van der Waals surface area contributed by atoms with E-state index in [9.17, 15) is 9.59 Å². The number of aromatic amines is 1. The lowest BCUT2D eigenvalue weighted by Crippen LogP contribution is -2.43. The zero-order valence-electron chi connectivity index (χ0n) is 15.0. The summed E-state index contributed by atoms with van der Waals surface area (Å²) in [7, 11) is 1.85. The van der Waals surface area contributed by atoms with E-state index in [0.717, 1.165) is 42.8 Å². The van der Waals surface area contributed by atoms with Crippen LogP contribution in [0.2, 0.25) is 0 Å². The van der Waals surface area contributed by atoms with Gasteiger partial charge in [-0.05, 0) is 30.9 Å². The van der Waals surface area contributed by atoms with Crippen molar-refractivity contribution in [1.29, 1.82) is 0 Å². The van der Waals surface area contributed by atoms with E-state index in [2.05, 4.69) is 9.97 Å². The van der Waals surface area contributed by atoms with Crippen molar-refractivity contribution >= 4 is 22.8 Å². The molecule has 1 atom stereocenters. The number of aromatic nitrogens is 2. The van der Waals surface area contributed by atoms with Crippen molar-refractivity contribution in [3.63, 3.8) is 0 Å². The van der Waals surface area contributed by atoms with Crippen molar-refractivity contribution in [3.8, 4) is 0 Å². The summed E-state index contributed by atoms with van der Waals surface area (Å²) in [4.78, 5) is 35.4. The van der Waals surface area contributed by atoms with E-state index in [1.807, 2.05) is 36.2 Å². The molecule has 1 unspecified atom stereocenters. The Labute approximate surface area is 148 Å². The maximum absolute atomic E-state index is 12.4. The quantitative estimate of drug-likeness (QED) is 0.906. The summed E-state index contributed by atoms with van der Waals surface area (Å²) >= 11 is 0. The summed E-state index contributed by atoms with van der Waals surface area (Å²) in [5, 5.41) is 0. The molecular formula is C19H26N4O2. The average Bonchev–Trinajstić information content (AvgIpc) is 3.02. The van der Waals surface area contributed by atoms with E-state index in [-0.39, 0.29) is 11.8 Å². The predicted molar refractivity (Wildman–Crippen MR) is 97.0 cm³/mol. The van der Waals surface area contributed by atoms with Gasteiger partial charge in [-0.3, -0.25) is 9.59 Å². The van der Waals surface area contributed by atoms with Crippen molar-refractivity contribution in [3.05, 3.63) is 30.1 Å². The summed E-state index contributed by atoms with van der Waals surface area (Å²) in [6.07, 6.45) is 3.15. The number of hydrogen-bond acceptors (Lipinski definition) is 3. The molecule has 0 bridgehead atoms. The minimum absolute atomic E-state index is 0.125. The number of carbonyl (C=O) groups excluding carboxylic acids is 2. The number of hydrogen-bond donors (Lipinski definition) is 1. The van der Waals surface area contributed by atoms with Crippen LogP contribution >= 0.6 is 0 Å². The van der Waals surface area contributed by atoms with Gasteiger partial charge < -0.3 is 14.8 Å². The highest BCUT2D eigenvalue weighted by Crippen LogP contribution is 2.18. The Bertz CT molecular complexity index is 722. The van der Waals surface area contributed by atoms with Gasteiger partial charge in [0.15, 0.2) is 0 Å². The summed E-state index contributed by atoms with van der Waals surface area (Å²) in [6, 6.07) is 7.88. The minimum atomic E-state index is 0.125. The maximum Gasteiger partial charge on any atom is 0.222 e. The Morgan fingerprint density at radius 1 is 1.36 bits per heavy atom. The molecule has 2 heterocycles. The molecule has 2 aromatic rings. The van der Waals surface area contributed by atoms with Gasteiger partial charge in [0.2, 0.25) is 11.8 Å². The fourth-order valence-electron chi connectivity index (χ4n) is 3.53. The first-order chi connectivity index (χ1) is 12.0. The van der Waals surface area contributed by atoms with Crippen LogP contribution in [-0.2, 0) is 16.0 Å². The van der Waals surface area contributed by atoms with Crippen molar-refractivity contribution in [2.75, 3.05) is 26.7 Å². The van der Waals surface area contributed by atoms with Crippen LogP contribution in [0.4, 0.5) is 0 Å². The molecule has 0 saturated carbocycles. The van der Waals surface area contributed by atoms with Gasteiger partial charge in [0.25, 0.3) is 0 Å². The van der Waals surface area contributed by atoms with Crippen LogP contribution in [0.25, 0.3) is 11.0 Å². The molecule has 6 nitrogen and oxygen atoms in total. The Morgan fingerprint density at radius 2 is 2.16 bits per heavy atom. The van der Waals surface area contributed by atoms with Crippen molar-refractivity contribution in [2.24, 2.45) is 5.92 Å². The number of nitrogens with one attached hydrogen (secondary N) is 1. The third kappa shape index (κ3) is 4.38. The van der Waals surface area contributed by atoms with Crippen LogP contribution in [0, 0.1) is 5.92 Å². The summed E-state index contributed by atoms with van der Waals surface area (Å²) < 4.78 is 0. The third-order valence-corrected chi connectivity index (χ3v) is 4.94. The van der Waals surface area contributed by atoms with Gasteiger partial charge in [0.05, 0.1) is 11.0 Å². The predicted octanol–water partition coefficient (Wildman–Crippen LogP) is 2.21. The monoisotopic (exact) mass is 342 g/mol. The number of likely N-dealkylation sites (tertiary alicyclic amines) is 1. The smallest absolute Gasteiger partial charge is 0.222 e. The first kappa shape index (κ1) is 17.5. The number of benzene rings is 1. The fourth-order valence-corrected chi connectivity index (χ4v) is 3.53. The van der Waals surface area contributed by atoms with E-state index in [1.165, 1.54) is 0 Å². The average molecular weight is 342 g/mol. The molecule has 2 amide bonds. The minimum Gasteiger partial charge on any atom is -0.345 e. The zero-order valence-corrected chi connectivity index (χ0v) is 15.0. The van der Waals surface area contributed by atoms with E-state index < -0.39 is 0 Å². The second kappa shape index (κ2) is 7.68. The number of amides is 2. The molecule has 0 radical (unpaired) electrons. The van der Waals surface area contributed by atoms with Gasteiger partial charge in [-0.2, -0.15) is 0 Å². The molecule has 6 heteroatoms. The molecule has 1 saturated heterocycles. The fraction of sp³-hybridized carbons (Fsp3) is 0.526. The van der Waals surface area contributed by atoms with Crippen molar-refractivity contribution in [1.82, 2.24) is 19.8 Å². The van der Waals surface area contributed by atoms with Crippen LogP contribution < -0.4 is 0 Å². The van der Waals surface area contributed by atoms with Gasteiger partial charge in [-0.1, -0.05) is 12.1 Å². The molecule has 1 aromatic heterocycles.